The maximum atomic E-state index is 12.7. The fourth-order valence-electron chi connectivity index (χ4n) is 4.14. The number of aryl methyl sites for hydroxylation is 1. The Morgan fingerprint density at radius 1 is 0.941 bits per heavy atom. The lowest BCUT2D eigenvalue weighted by atomic mass is 10.0. The average molecular weight is 456 g/mol. The number of carbonyl (C=O) groups is 2. The van der Waals surface area contributed by atoms with Gasteiger partial charge in [0.25, 0.3) is 11.7 Å². The topological polar surface area (TPSA) is 95.7 Å². The number of rotatable bonds is 5. The average Bonchev–Trinajstić information content (AvgIpc) is 3.36. The third kappa shape index (κ3) is 4.45. The molecule has 1 saturated heterocycles. The van der Waals surface area contributed by atoms with Crippen LogP contribution in [0.25, 0.3) is 16.9 Å². The summed E-state index contributed by atoms with van der Waals surface area (Å²) >= 11 is 0. The summed E-state index contributed by atoms with van der Waals surface area (Å²) in [5.41, 5.74) is 3.53. The summed E-state index contributed by atoms with van der Waals surface area (Å²) in [5, 5.41) is 7.01. The number of benzene rings is 2. The zero-order chi connectivity index (χ0) is 23.5. The van der Waals surface area contributed by atoms with E-state index in [4.69, 9.17) is 0 Å². The molecular weight excluding hydrogens is 430 g/mol. The number of anilines is 1. The molecule has 3 heterocycles. The highest BCUT2D eigenvalue weighted by atomic mass is 16.2. The van der Waals surface area contributed by atoms with E-state index in [1.165, 1.54) is 6.33 Å². The minimum Gasteiger partial charge on any atom is -0.353 e. The second-order valence-corrected chi connectivity index (χ2v) is 8.22. The fourth-order valence-corrected chi connectivity index (χ4v) is 4.14. The highest BCUT2D eigenvalue weighted by molar-refractivity contribution is 5.96. The Kier molecular flexibility index (Phi) is 5.90. The van der Waals surface area contributed by atoms with E-state index in [2.05, 4.69) is 25.3 Å². The molecule has 0 saturated carbocycles. The van der Waals surface area contributed by atoms with Crippen molar-refractivity contribution < 1.29 is 9.59 Å². The molecule has 0 radical (unpaired) electrons. The van der Waals surface area contributed by atoms with Crippen LogP contribution in [-0.4, -0.2) is 69.0 Å². The van der Waals surface area contributed by atoms with E-state index < -0.39 is 0 Å². The molecule has 0 bridgehead atoms. The number of piperazine rings is 1. The van der Waals surface area contributed by atoms with Gasteiger partial charge < -0.3 is 15.1 Å². The molecular formula is C25H25N7O2. The molecule has 2 aromatic heterocycles. The predicted molar refractivity (Wildman–Crippen MR) is 129 cm³/mol. The van der Waals surface area contributed by atoms with Crippen LogP contribution in [0, 0.1) is 6.92 Å². The normalized spacial score (nSPS) is 13.8. The molecule has 9 heteroatoms. The zero-order valence-electron chi connectivity index (χ0n) is 18.9. The number of fused-ring (bicyclic) bond motifs is 1. The maximum Gasteiger partial charge on any atom is 0.254 e. The predicted octanol–water partition coefficient (Wildman–Crippen LogP) is 2.18. The second-order valence-electron chi connectivity index (χ2n) is 8.22. The molecule has 1 N–H and O–H groups in total. The number of amides is 2. The molecule has 2 amide bonds. The Hall–Kier alpha value is -4.27. The third-order valence-electron chi connectivity index (χ3n) is 5.97. The van der Waals surface area contributed by atoms with Crippen molar-refractivity contribution in [2.45, 2.75) is 6.92 Å². The second kappa shape index (κ2) is 9.30. The first kappa shape index (κ1) is 21.6. The molecule has 1 fully saturated rings. The molecule has 1 aliphatic rings. The fraction of sp³-hybridized carbons (Fsp3) is 0.240. The monoisotopic (exact) mass is 455 g/mol. The van der Waals surface area contributed by atoms with Crippen LogP contribution in [0.4, 0.5) is 5.82 Å². The minimum atomic E-state index is -0.257. The molecule has 1 aliphatic heterocycles. The van der Waals surface area contributed by atoms with Gasteiger partial charge in [-0.1, -0.05) is 42.5 Å². The Bertz CT molecular complexity index is 1310. The number of aromatic nitrogens is 4. The van der Waals surface area contributed by atoms with Crippen LogP contribution < -0.4 is 10.2 Å². The highest BCUT2D eigenvalue weighted by Crippen LogP contribution is 2.20. The molecule has 2 aromatic carbocycles. The molecule has 0 aliphatic carbocycles. The van der Waals surface area contributed by atoms with Crippen molar-refractivity contribution in [3.63, 3.8) is 0 Å². The molecule has 172 valence electrons. The number of carbonyl (C=O) groups excluding carboxylic acids is 2. The van der Waals surface area contributed by atoms with Crippen molar-refractivity contribution in [1.29, 1.82) is 0 Å². The van der Waals surface area contributed by atoms with E-state index >= 15 is 0 Å². The van der Waals surface area contributed by atoms with E-state index in [1.54, 1.807) is 21.5 Å². The standard InChI is InChI=1S/C25H25N7O2/c1-18-15-22(32-25(29-18)27-17-28-32)30-11-13-31(14-12-30)23(33)16-26-24(34)21-9-7-20(8-10-21)19-5-3-2-4-6-19/h2-10,15,17H,11-14,16H2,1H3,(H,26,34). The Balaban J connectivity index is 1.14. The first-order valence-electron chi connectivity index (χ1n) is 11.2. The Labute approximate surface area is 197 Å². The van der Waals surface area contributed by atoms with E-state index in [0.717, 1.165) is 22.6 Å². The van der Waals surface area contributed by atoms with Crippen molar-refractivity contribution in [3.8, 4) is 11.1 Å². The third-order valence-corrected chi connectivity index (χ3v) is 5.97. The van der Waals surface area contributed by atoms with Crippen LogP contribution in [0.1, 0.15) is 16.1 Å². The summed E-state index contributed by atoms with van der Waals surface area (Å²) in [6.07, 6.45) is 1.49. The van der Waals surface area contributed by atoms with Gasteiger partial charge in [-0.15, -0.1) is 0 Å². The summed E-state index contributed by atoms with van der Waals surface area (Å²) in [5.74, 6) is 1.13. The largest absolute Gasteiger partial charge is 0.353 e. The molecule has 5 rings (SSSR count). The van der Waals surface area contributed by atoms with Crippen molar-refractivity contribution in [3.05, 3.63) is 78.2 Å². The number of hydrogen-bond donors (Lipinski definition) is 1. The number of hydrogen-bond acceptors (Lipinski definition) is 6. The van der Waals surface area contributed by atoms with Gasteiger partial charge in [0.05, 0.1) is 6.54 Å². The van der Waals surface area contributed by atoms with E-state index in [0.29, 0.717) is 37.5 Å². The number of nitrogens with one attached hydrogen (secondary N) is 1. The van der Waals surface area contributed by atoms with Crippen LogP contribution in [-0.2, 0) is 4.79 Å². The first-order valence-corrected chi connectivity index (χ1v) is 11.2. The van der Waals surface area contributed by atoms with Gasteiger partial charge in [-0.2, -0.15) is 14.6 Å². The lowest BCUT2D eigenvalue weighted by Gasteiger charge is -2.36. The van der Waals surface area contributed by atoms with E-state index in [-0.39, 0.29) is 18.4 Å². The van der Waals surface area contributed by atoms with Crippen molar-refractivity contribution >= 4 is 23.4 Å². The summed E-state index contributed by atoms with van der Waals surface area (Å²) in [6, 6.07) is 19.3. The maximum absolute atomic E-state index is 12.7. The SMILES string of the molecule is Cc1cc(N2CCN(C(=O)CNC(=O)c3ccc(-c4ccccc4)cc3)CC2)n2ncnc2n1. The van der Waals surface area contributed by atoms with Crippen LogP contribution >= 0.6 is 0 Å². The van der Waals surface area contributed by atoms with Gasteiger partial charge in [0.15, 0.2) is 0 Å². The molecule has 9 nitrogen and oxygen atoms in total. The molecule has 0 spiro atoms. The first-order chi connectivity index (χ1) is 16.6. The summed E-state index contributed by atoms with van der Waals surface area (Å²) in [7, 11) is 0. The highest BCUT2D eigenvalue weighted by Gasteiger charge is 2.23. The van der Waals surface area contributed by atoms with Crippen LogP contribution in [0.2, 0.25) is 0 Å². The Morgan fingerprint density at radius 3 is 2.38 bits per heavy atom. The summed E-state index contributed by atoms with van der Waals surface area (Å²) < 4.78 is 1.72. The Morgan fingerprint density at radius 2 is 1.65 bits per heavy atom. The van der Waals surface area contributed by atoms with Gasteiger partial charge in [-0.05, 0) is 30.2 Å². The zero-order valence-corrected chi connectivity index (χ0v) is 18.9. The van der Waals surface area contributed by atoms with Crippen LogP contribution in [0.5, 0.6) is 0 Å². The van der Waals surface area contributed by atoms with E-state index in [1.807, 2.05) is 55.5 Å². The minimum absolute atomic E-state index is 0.0268. The van der Waals surface area contributed by atoms with Crippen LogP contribution in [0.3, 0.4) is 0 Å². The summed E-state index contributed by atoms with van der Waals surface area (Å²) in [4.78, 5) is 37.7. The van der Waals surface area contributed by atoms with Gasteiger partial charge >= 0.3 is 0 Å². The van der Waals surface area contributed by atoms with Gasteiger partial charge in [0.2, 0.25) is 5.91 Å². The lowest BCUT2D eigenvalue weighted by Crippen LogP contribution is -2.51. The molecule has 4 aromatic rings. The van der Waals surface area contributed by atoms with Gasteiger partial charge in [0, 0.05) is 43.5 Å². The van der Waals surface area contributed by atoms with Crippen molar-refractivity contribution in [2.75, 3.05) is 37.6 Å². The van der Waals surface area contributed by atoms with Gasteiger partial charge in [-0.25, -0.2) is 4.98 Å². The van der Waals surface area contributed by atoms with E-state index in [9.17, 15) is 9.59 Å². The van der Waals surface area contributed by atoms with Crippen molar-refractivity contribution in [2.24, 2.45) is 0 Å². The van der Waals surface area contributed by atoms with Crippen molar-refractivity contribution in [1.82, 2.24) is 29.8 Å². The molecule has 34 heavy (non-hydrogen) atoms. The lowest BCUT2D eigenvalue weighted by molar-refractivity contribution is -0.130. The molecule has 0 unspecified atom stereocenters. The molecule has 0 atom stereocenters. The van der Waals surface area contributed by atoms with Gasteiger partial charge in [-0.3, -0.25) is 9.59 Å². The number of nitrogens with zero attached hydrogens (tertiary/aromatic N) is 6. The van der Waals surface area contributed by atoms with Crippen LogP contribution in [0.15, 0.2) is 67.0 Å². The van der Waals surface area contributed by atoms with Gasteiger partial charge in [0.1, 0.15) is 12.1 Å². The summed E-state index contributed by atoms with van der Waals surface area (Å²) in [6.45, 7) is 4.37. The smallest absolute Gasteiger partial charge is 0.254 e. The quantitative estimate of drug-likeness (QED) is 0.496.